The Kier molecular flexibility index (Phi) is 6.69. The number of aromatic amines is 1. The molecule has 0 saturated carbocycles. The Balaban J connectivity index is 1.70. The molecule has 202 valence electrons. The smallest absolute Gasteiger partial charge is 0.285 e. The third kappa shape index (κ3) is 5.66. The highest BCUT2D eigenvalue weighted by molar-refractivity contribution is 7.86. The number of imidazole rings is 2. The van der Waals surface area contributed by atoms with Gasteiger partial charge >= 0.3 is 0 Å². The molecule has 0 fully saturated rings. The molecule has 0 saturated heterocycles. The number of pyridine rings is 1. The lowest BCUT2D eigenvalue weighted by molar-refractivity contribution is 0.339. The van der Waals surface area contributed by atoms with E-state index in [1.54, 1.807) is 16.7 Å². The van der Waals surface area contributed by atoms with Gasteiger partial charge in [-0.15, -0.1) is 4.28 Å². The maximum Gasteiger partial charge on any atom is 0.285 e. The molecule has 0 radical (unpaired) electrons. The second kappa shape index (κ2) is 9.86. The van der Waals surface area contributed by atoms with Crippen LogP contribution in [-0.2, 0) is 20.9 Å². The summed E-state index contributed by atoms with van der Waals surface area (Å²) in [5, 5.41) is 0. The molecule has 12 heteroatoms. The Bertz CT molecular complexity index is 1760. The largest absolute Gasteiger partial charge is 0.336 e. The molecule has 0 aliphatic carbocycles. The molecular weight excluding hydrogens is 526 g/mol. The highest BCUT2D eigenvalue weighted by Crippen LogP contribution is 2.35. The van der Waals surface area contributed by atoms with E-state index in [0.717, 1.165) is 11.8 Å². The fourth-order valence-corrected chi connectivity index (χ4v) is 4.39. The van der Waals surface area contributed by atoms with Gasteiger partial charge in [-0.2, -0.15) is 8.42 Å². The van der Waals surface area contributed by atoms with E-state index in [1.807, 2.05) is 51.1 Å². The summed E-state index contributed by atoms with van der Waals surface area (Å²) in [4.78, 5) is 16.9. The monoisotopic (exact) mass is 552 g/mol. The topological polar surface area (TPSA) is 115 Å². The number of H-pyrrole nitrogens is 1. The van der Waals surface area contributed by atoms with Crippen LogP contribution >= 0.6 is 0 Å². The van der Waals surface area contributed by atoms with Crippen LogP contribution in [0.4, 0.5) is 14.7 Å². The van der Waals surface area contributed by atoms with Crippen LogP contribution in [0, 0.1) is 17.0 Å². The van der Waals surface area contributed by atoms with E-state index in [4.69, 9.17) is 9.27 Å². The molecule has 2 N–H and O–H groups in total. The van der Waals surface area contributed by atoms with Gasteiger partial charge < -0.3 is 4.98 Å². The van der Waals surface area contributed by atoms with Gasteiger partial charge in [0.2, 0.25) is 5.95 Å². The van der Waals surface area contributed by atoms with Crippen LogP contribution in [0.2, 0.25) is 0 Å². The molecule has 0 atom stereocenters. The molecule has 3 heterocycles. The highest BCUT2D eigenvalue weighted by Gasteiger charge is 2.23. The van der Waals surface area contributed by atoms with Gasteiger partial charge in [0.1, 0.15) is 23.0 Å². The van der Waals surface area contributed by atoms with Gasteiger partial charge in [0.25, 0.3) is 10.1 Å². The average molecular weight is 553 g/mol. The lowest BCUT2D eigenvalue weighted by Crippen LogP contribution is -2.19. The van der Waals surface area contributed by atoms with Gasteiger partial charge in [-0.25, -0.2) is 29.2 Å². The van der Waals surface area contributed by atoms with E-state index in [9.17, 15) is 17.2 Å². The first kappa shape index (κ1) is 26.4. The molecule has 0 unspecified atom stereocenters. The molecule has 9 nitrogen and oxygen atoms in total. The fourth-order valence-electron chi connectivity index (χ4n) is 4.16. The minimum Gasteiger partial charge on any atom is -0.336 e. The molecule has 3 aromatic heterocycles. The lowest BCUT2D eigenvalue weighted by Gasteiger charge is -2.20. The molecule has 0 spiro atoms. The van der Waals surface area contributed by atoms with Crippen LogP contribution in [0.25, 0.3) is 45.2 Å². The van der Waals surface area contributed by atoms with Gasteiger partial charge in [-0.05, 0) is 29.7 Å². The molecule has 39 heavy (non-hydrogen) atoms. The number of nitrogens with zero attached hydrogens (tertiary/aromatic N) is 4. The summed E-state index contributed by atoms with van der Waals surface area (Å²) in [5.74, 6) is -1.31. The number of hydrogen-bond donors (Lipinski definition) is 2. The molecule has 0 bridgehead atoms. The van der Waals surface area contributed by atoms with E-state index in [2.05, 4.69) is 20.4 Å². The first-order valence-electron chi connectivity index (χ1n) is 12.0. The Morgan fingerprint density at radius 1 is 0.949 bits per heavy atom. The Morgan fingerprint density at radius 2 is 1.64 bits per heavy atom. The maximum atomic E-state index is 14.7. The first-order chi connectivity index (χ1) is 18.4. The fraction of sp³-hybridized carbons (Fsp3) is 0.222. The van der Waals surface area contributed by atoms with Crippen molar-refractivity contribution in [1.82, 2.24) is 24.5 Å². The van der Waals surface area contributed by atoms with E-state index in [-0.39, 0.29) is 22.8 Å². The molecule has 2 aromatic carbocycles. The SMILES string of the molecule is CC(C)(C)Cn1c(NOS(C)(=O)=O)nc2ccc(-c3[nH]c(-c4c(F)cccc4F)nc3-c3ccccc3)nc21. The number of halogens is 2. The van der Waals surface area contributed by atoms with Crippen LogP contribution in [0.15, 0.2) is 60.7 Å². The van der Waals surface area contributed by atoms with Crippen molar-refractivity contribution in [3.63, 3.8) is 0 Å². The number of anilines is 1. The van der Waals surface area contributed by atoms with Gasteiger partial charge in [0, 0.05) is 12.1 Å². The van der Waals surface area contributed by atoms with Crippen molar-refractivity contribution in [2.45, 2.75) is 27.3 Å². The van der Waals surface area contributed by atoms with E-state index >= 15 is 0 Å². The Hall–Kier alpha value is -4.16. The van der Waals surface area contributed by atoms with E-state index in [0.29, 0.717) is 34.8 Å². The summed E-state index contributed by atoms with van der Waals surface area (Å²) in [7, 11) is -3.80. The number of nitrogens with one attached hydrogen (secondary N) is 2. The Labute approximate surface area is 224 Å². The third-order valence-electron chi connectivity index (χ3n) is 5.72. The zero-order chi connectivity index (χ0) is 27.9. The first-order valence-corrected chi connectivity index (χ1v) is 13.8. The van der Waals surface area contributed by atoms with E-state index in [1.165, 1.54) is 18.2 Å². The standard InChI is InChI=1S/C27H26F2N6O3S/c1-27(2,3)15-35-25-20(31-26(35)34-38-39(4,36)37)14-13-19(30-25)23-22(16-9-6-5-7-10-16)32-24(33-23)21-17(28)11-8-12-18(21)29/h5-14H,15H2,1-4H3,(H,31,34)(H,32,33). The second-order valence-electron chi connectivity index (χ2n) is 10.3. The molecule has 0 amide bonds. The number of benzene rings is 2. The summed E-state index contributed by atoms with van der Waals surface area (Å²) >= 11 is 0. The van der Waals surface area contributed by atoms with Crippen LogP contribution < -0.4 is 5.48 Å². The number of hydrogen-bond acceptors (Lipinski definition) is 7. The highest BCUT2D eigenvalue weighted by atomic mass is 32.2. The number of fused-ring (bicyclic) bond motifs is 1. The maximum absolute atomic E-state index is 14.7. The summed E-state index contributed by atoms with van der Waals surface area (Å²) in [6, 6.07) is 16.3. The zero-order valence-corrected chi connectivity index (χ0v) is 22.5. The van der Waals surface area contributed by atoms with Crippen molar-refractivity contribution >= 4 is 27.2 Å². The third-order valence-corrected chi connectivity index (χ3v) is 6.10. The zero-order valence-electron chi connectivity index (χ0n) is 21.7. The van der Waals surface area contributed by atoms with Crippen LogP contribution in [-0.4, -0.2) is 39.2 Å². The molecule has 5 aromatic rings. The normalized spacial score (nSPS) is 12.3. The van der Waals surface area contributed by atoms with Crippen LogP contribution in [0.3, 0.4) is 0 Å². The van der Waals surface area contributed by atoms with Gasteiger partial charge in [-0.1, -0.05) is 57.2 Å². The Morgan fingerprint density at radius 3 is 2.28 bits per heavy atom. The summed E-state index contributed by atoms with van der Waals surface area (Å²) in [6.45, 7) is 6.47. The van der Waals surface area contributed by atoms with Gasteiger partial charge in [0.05, 0.1) is 28.9 Å². The van der Waals surface area contributed by atoms with Crippen LogP contribution in [0.5, 0.6) is 0 Å². The minimum absolute atomic E-state index is 0.0217. The predicted molar refractivity (Wildman–Crippen MR) is 145 cm³/mol. The summed E-state index contributed by atoms with van der Waals surface area (Å²) in [6.07, 6.45) is 0.923. The lowest BCUT2D eigenvalue weighted by atomic mass is 9.97. The molecular formula is C27H26F2N6O3S. The molecule has 5 rings (SSSR count). The van der Waals surface area contributed by atoms with Gasteiger partial charge in [0.15, 0.2) is 5.65 Å². The van der Waals surface area contributed by atoms with Crippen molar-refractivity contribution in [1.29, 1.82) is 0 Å². The average Bonchev–Trinajstić information content (AvgIpc) is 3.43. The summed E-state index contributed by atoms with van der Waals surface area (Å²) in [5.41, 5.74) is 4.94. The van der Waals surface area contributed by atoms with Crippen molar-refractivity contribution in [2.24, 2.45) is 5.41 Å². The number of rotatable bonds is 7. The van der Waals surface area contributed by atoms with Crippen molar-refractivity contribution in [2.75, 3.05) is 11.7 Å². The summed E-state index contributed by atoms with van der Waals surface area (Å²) < 4.78 is 59.0. The predicted octanol–water partition coefficient (Wildman–Crippen LogP) is 5.78. The molecule has 0 aliphatic rings. The minimum atomic E-state index is -3.80. The second-order valence-corrected chi connectivity index (χ2v) is 11.9. The van der Waals surface area contributed by atoms with Crippen molar-refractivity contribution < 1.29 is 21.5 Å². The van der Waals surface area contributed by atoms with E-state index < -0.39 is 21.8 Å². The molecule has 0 aliphatic heterocycles. The number of aromatic nitrogens is 5. The van der Waals surface area contributed by atoms with Gasteiger partial charge in [-0.3, -0.25) is 4.57 Å². The van der Waals surface area contributed by atoms with Crippen molar-refractivity contribution in [3.05, 3.63) is 72.3 Å². The van der Waals surface area contributed by atoms with Crippen molar-refractivity contribution in [3.8, 4) is 34.0 Å². The quantitative estimate of drug-likeness (QED) is 0.246. The van der Waals surface area contributed by atoms with Crippen LogP contribution in [0.1, 0.15) is 20.8 Å².